The molecule has 0 atom stereocenters. The lowest BCUT2D eigenvalue weighted by Gasteiger charge is -2.05. The fourth-order valence-electron chi connectivity index (χ4n) is 2.25. The second kappa shape index (κ2) is 6.12. The van der Waals surface area contributed by atoms with Crippen molar-refractivity contribution in [3.8, 4) is 5.75 Å². The van der Waals surface area contributed by atoms with Gasteiger partial charge in [0, 0.05) is 22.5 Å². The van der Waals surface area contributed by atoms with E-state index in [-0.39, 0.29) is 5.91 Å². The number of ether oxygens (including phenoxy) is 1. The molecule has 4 nitrogen and oxygen atoms in total. The Morgan fingerprint density at radius 2 is 1.95 bits per heavy atom. The van der Waals surface area contributed by atoms with Crippen LogP contribution < -0.4 is 10.1 Å². The average Bonchev–Trinajstić information content (AvgIpc) is 2.96. The van der Waals surface area contributed by atoms with Crippen molar-refractivity contribution in [1.29, 1.82) is 0 Å². The lowest BCUT2D eigenvalue weighted by molar-refractivity contribution is 0.0947. The predicted molar refractivity (Wildman–Crippen MR) is 87.5 cm³/mol. The number of aromatic nitrogens is 1. The largest absolute Gasteiger partial charge is 0.497 e. The van der Waals surface area contributed by atoms with Gasteiger partial charge >= 0.3 is 0 Å². The number of H-pyrrole nitrogens is 1. The lowest BCUT2D eigenvalue weighted by atomic mass is 10.2. The van der Waals surface area contributed by atoms with Crippen molar-refractivity contribution in [3.63, 3.8) is 0 Å². The van der Waals surface area contributed by atoms with Crippen molar-refractivity contribution in [3.05, 3.63) is 64.8 Å². The number of nitrogens with one attached hydrogen (secondary N) is 2. The molecule has 0 bridgehead atoms. The fraction of sp³-hybridized carbons (Fsp3) is 0.118. The van der Waals surface area contributed by atoms with Crippen molar-refractivity contribution in [1.82, 2.24) is 10.3 Å². The van der Waals surface area contributed by atoms with Gasteiger partial charge in [-0.25, -0.2) is 0 Å². The Bertz CT molecular complexity index is 809. The van der Waals surface area contributed by atoms with Gasteiger partial charge in [-0.3, -0.25) is 4.79 Å². The van der Waals surface area contributed by atoms with Crippen LogP contribution >= 0.6 is 11.6 Å². The number of aromatic amines is 1. The zero-order chi connectivity index (χ0) is 15.5. The summed E-state index contributed by atoms with van der Waals surface area (Å²) in [6.07, 6.45) is 0. The van der Waals surface area contributed by atoms with Gasteiger partial charge in [0.25, 0.3) is 5.91 Å². The summed E-state index contributed by atoms with van der Waals surface area (Å²) in [5, 5.41) is 4.45. The van der Waals surface area contributed by atoms with Crippen LogP contribution in [-0.2, 0) is 6.54 Å². The molecule has 2 N–H and O–H groups in total. The molecule has 1 amide bonds. The number of fused-ring (bicyclic) bond motifs is 1. The van der Waals surface area contributed by atoms with Crippen LogP contribution in [0.3, 0.4) is 0 Å². The van der Waals surface area contributed by atoms with Gasteiger partial charge < -0.3 is 15.0 Å². The van der Waals surface area contributed by atoms with Gasteiger partial charge in [-0.15, -0.1) is 0 Å². The van der Waals surface area contributed by atoms with Crippen LogP contribution in [0.15, 0.2) is 48.5 Å². The molecule has 0 saturated heterocycles. The molecule has 0 aliphatic carbocycles. The highest BCUT2D eigenvalue weighted by atomic mass is 35.5. The van der Waals surface area contributed by atoms with Crippen molar-refractivity contribution in [2.45, 2.75) is 6.54 Å². The molecule has 0 radical (unpaired) electrons. The van der Waals surface area contributed by atoms with Crippen molar-refractivity contribution < 1.29 is 9.53 Å². The summed E-state index contributed by atoms with van der Waals surface area (Å²) in [4.78, 5) is 15.3. The standard InChI is InChI=1S/C17H15ClN2O2/c1-22-14-5-2-11(3-6-14)10-19-17(21)16-9-12-8-13(18)4-7-15(12)20-16/h2-9,20H,10H2,1H3,(H,19,21). The minimum absolute atomic E-state index is 0.150. The first-order valence-corrected chi connectivity index (χ1v) is 7.23. The smallest absolute Gasteiger partial charge is 0.267 e. The first-order chi connectivity index (χ1) is 10.7. The van der Waals surface area contributed by atoms with Crippen molar-refractivity contribution in [2.24, 2.45) is 0 Å². The molecule has 0 fully saturated rings. The molecule has 112 valence electrons. The highest BCUT2D eigenvalue weighted by molar-refractivity contribution is 6.31. The predicted octanol–water partition coefficient (Wildman–Crippen LogP) is 3.76. The summed E-state index contributed by atoms with van der Waals surface area (Å²) in [6.45, 7) is 0.457. The Morgan fingerprint density at radius 1 is 1.18 bits per heavy atom. The summed E-state index contributed by atoms with van der Waals surface area (Å²) >= 11 is 5.95. The van der Waals surface area contributed by atoms with E-state index in [9.17, 15) is 4.79 Å². The number of amides is 1. The monoisotopic (exact) mass is 314 g/mol. The van der Waals surface area contributed by atoms with Gasteiger partial charge in [-0.05, 0) is 42.0 Å². The van der Waals surface area contributed by atoms with Crippen LogP contribution in [0.4, 0.5) is 0 Å². The Labute approximate surface area is 133 Å². The van der Waals surface area contributed by atoms with Crippen LogP contribution in [0.5, 0.6) is 5.75 Å². The first kappa shape index (κ1) is 14.5. The van der Waals surface area contributed by atoms with E-state index in [1.165, 1.54) is 0 Å². The summed E-state index contributed by atoms with van der Waals surface area (Å²) in [5.41, 5.74) is 2.41. The quantitative estimate of drug-likeness (QED) is 0.770. The van der Waals surface area contributed by atoms with Crippen LogP contribution in [0.1, 0.15) is 16.1 Å². The Kier molecular flexibility index (Phi) is 4.02. The molecule has 3 rings (SSSR count). The maximum Gasteiger partial charge on any atom is 0.267 e. The molecule has 0 aliphatic rings. The lowest BCUT2D eigenvalue weighted by Crippen LogP contribution is -2.22. The normalized spacial score (nSPS) is 10.6. The zero-order valence-corrected chi connectivity index (χ0v) is 12.8. The summed E-state index contributed by atoms with van der Waals surface area (Å²) in [5.74, 6) is 0.644. The topological polar surface area (TPSA) is 54.1 Å². The number of hydrogen-bond acceptors (Lipinski definition) is 2. The number of rotatable bonds is 4. The molecule has 5 heteroatoms. The number of benzene rings is 2. The van der Waals surface area contributed by atoms with Gasteiger partial charge in [0.1, 0.15) is 11.4 Å². The van der Waals surface area contributed by atoms with E-state index < -0.39 is 0 Å². The fourth-order valence-corrected chi connectivity index (χ4v) is 2.43. The first-order valence-electron chi connectivity index (χ1n) is 6.85. The average molecular weight is 315 g/mol. The molecular formula is C17H15ClN2O2. The zero-order valence-electron chi connectivity index (χ0n) is 12.0. The Balaban J connectivity index is 1.69. The van der Waals surface area contributed by atoms with E-state index >= 15 is 0 Å². The van der Waals surface area contributed by atoms with E-state index in [4.69, 9.17) is 16.3 Å². The third-order valence-corrected chi connectivity index (χ3v) is 3.67. The molecule has 3 aromatic rings. The van der Waals surface area contributed by atoms with Gasteiger partial charge in [-0.2, -0.15) is 0 Å². The number of methoxy groups -OCH3 is 1. The Hall–Kier alpha value is -2.46. The highest BCUT2D eigenvalue weighted by Gasteiger charge is 2.09. The van der Waals surface area contributed by atoms with Crippen molar-refractivity contribution in [2.75, 3.05) is 7.11 Å². The van der Waals surface area contributed by atoms with Crippen LogP contribution in [0, 0.1) is 0 Å². The maximum atomic E-state index is 12.2. The molecule has 2 aromatic carbocycles. The van der Waals surface area contributed by atoms with Gasteiger partial charge in [0.05, 0.1) is 7.11 Å². The maximum absolute atomic E-state index is 12.2. The SMILES string of the molecule is COc1ccc(CNC(=O)c2cc3cc(Cl)ccc3[nH]2)cc1. The van der Waals surface area contributed by atoms with Gasteiger partial charge in [-0.1, -0.05) is 23.7 Å². The molecular weight excluding hydrogens is 300 g/mol. The van der Waals surface area contributed by atoms with Crippen LogP contribution in [-0.4, -0.2) is 18.0 Å². The van der Waals surface area contributed by atoms with Crippen LogP contribution in [0.2, 0.25) is 5.02 Å². The third kappa shape index (κ3) is 3.07. The molecule has 0 saturated carbocycles. The van der Waals surface area contributed by atoms with Gasteiger partial charge in [0.15, 0.2) is 0 Å². The summed E-state index contributed by atoms with van der Waals surface area (Å²) in [6, 6.07) is 14.8. The number of carbonyl (C=O) groups excluding carboxylic acids is 1. The second-order valence-electron chi connectivity index (χ2n) is 4.95. The van der Waals surface area contributed by atoms with E-state index in [1.807, 2.05) is 36.4 Å². The molecule has 0 spiro atoms. The number of hydrogen-bond donors (Lipinski definition) is 2. The van der Waals surface area contributed by atoms with E-state index in [2.05, 4.69) is 10.3 Å². The minimum atomic E-state index is -0.150. The molecule has 0 unspecified atom stereocenters. The Morgan fingerprint density at radius 3 is 2.68 bits per heavy atom. The van der Waals surface area contributed by atoms with Crippen LogP contribution in [0.25, 0.3) is 10.9 Å². The highest BCUT2D eigenvalue weighted by Crippen LogP contribution is 2.20. The molecule has 1 aromatic heterocycles. The molecule has 0 aliphatic heterocycles. The van der Waals surface area contributed by atoms with E-state index in [1.54, 1.807) is 19.2 Å². The summed E-state index contributed by atoms with van der Waals surface area (Å²) < 4.78 is 5.10. The summed E-state index contributed by atoms with van der Waals surface area (Å²) in [7, 11) is 1.62. The second-order valence-corrected chi connectivity index (χ2v) is 5.38. The number of carbonyl (C=O) groups is 1. The number of halogens is 1. The minimum Gasteiger partial charge on any atom is -0.497 e. The third-order valence-electron chi connectivity index (χ3n) is 3.44. The van der Waals surface area contributed by atoms with E-state index in [0.717, 1.165) is 22.2 Å². The van der Waals surface area contributed by atoms with E-state index in [0.29, 0.717) is 17.3 Å². The molecule has 1 heterocycles. The van der Waals surface area contributed by atoms with Gasteiger partial charge in [0.2, 0.25) is 0 Å². The van der Waals surface area contributed by atoms with Crippen molar-refractivity contribution >= 4 is 28.4 Å². The molecule has 22 heavy (non-hydrogen) atoms.